The molecule has 594 valence electrons. The van der Waals surface area contributed by atoms with Crippen molar-refractivity contribution in [2.45, 2.75) is 288 Å². The zero-order chi connectivity index (χ0) is 75.2. The number of carbonyl (C=O) groups is 1. The summed E-state index contributed by atoms with van der Waals surface area (Å²) < 4.78 is 166. The van der Waals surface area contributed by atoms with E-state index in [1.54, 1.807) is 41.5 Å². The molecule has 11 aliphatic rings. The van der Waals surface area contributed by atoms with Crippen LogP contribution >= 0.6 is 23.2 Å². The molecule has 39 heteroatoms. The van der Waals surface area contributed by atoms with Gasteiger partial charge in [-0.3, -0.25) is 5.23 Å². The molecule has 12 rings (SSSR count). The van der Waals surface area contributed by atoms with Crippen LogP contribution in [0, 0.1) is 12.1 Å². The lowest BCUT2D eigenvalue weighted by atomic mass is 9.85. The predicted octanol–water partition coefficient (Wildman–Crippen LogP) is 0.261. The number of benzene rings is 1. The summed E-state index contributed by atoms with van der Waals surface area (Å²) in [6.07, 6.45) is -36.4. The molecule has 11 heterocycles. The molecule has 0 saturated carbocycles. The number of aliphatic hydroxyl groups is 5. The van der Waals surface area contributed by atoms with Crippen LogP contribution in [0.3, 0.4) is 0 Å². The molecule has 0 amide bonds. The summed E-state index contributed by atoms with van der Waals surface area (Å²) in [4.78, 5) is 14.1. The number of carbonyl (C=O) groups excluding carboxylic acids is 1. The van der Waals surface area contributed by atoms with Crippen LogP contribution in [0.15, 0.2) is 0 Å². The fourth-order valence-corrected chi connectivity index (χ4v) is 16.8. The number of hydrogen-bond acceptors (Lipinski definition) is 37. The lowest BCUT2D eigenvalue weighted by Gasteiger charge is -2.53. The van der Waals surface area contributed by atoms with Crippen LogP contribution in [0.1, 0.15) is 83.7 Å². The normalized spacial score (nSPS) is 48.5. The number of aliphatic hydroxyl groups excluding tert-OH is 4. The van der Waals surface area contributed by atoms with Gasteiger partial charge in [0.2, 0.25) is 0 Å². The quantitative estimate of drug-likeness (QED) is 0.0605. The number of methoxy groups -OCH3 is 7. The molecule has 7 N–H and O–H groups in total. The van der Waals surface area contributed by atoms with Crippen LogP contribution in [0.25, 0.3) is 0 Å². The van der Waals surface area contributed by atoms with E-state index >= 15 is 0 Å². The predicted molar refractivity (Wildman–Crippen MR) is 341 cm³/mol. The topological polar surface area (TPSA) is 434 Å². The minimum absolute atomic E-state index is 0.0876. The molecule has 11 saturated heterocycles. The van der Waals surface area contributed by atoms with Crippen LogP contribution < -0.4 is 4.74 Å². The Morgan fingerprint density at radius 1 is 0.673 bits per heavy atom. The zero-order valence-electron chi connectivity index (χ0n) is 60.2. The molecule has 104 heavy (non-hydrogen) atoms. The second-order valence-corrected chi connectivity index (χ2v) is 29.1. The van der Waals surface area contributed by atoms with E-state index in [0.29, 0.717) is 0 Å². The van der Waals surface area contributed by atoms with Gasteiger partial charge in [0.25, 0.3) is 5.97 Å². The van der Waals surface area contributed by atoms with Crippen LogP contribution in [0.4, 0.5) is 0 Å². The molecular weight excluding hydrogens is 1440 g/mol. The van der Waals surface area contributed by atoms with Crippen molar-refractivity contribution in [1.29, 1.82) is 0 Å². The van der Waals surface area contributed by atoms with Crippen LogP contribution in [0.2, 0.25) is 10.0 Å². The Labute approximate surface area is 609 Å². The maximum absolute atomic E-state index is 14.1. The van der Waals surface area contributed by atoms with E-state index in [4.69, 9.17) is 151 Å². The fourth-order valence-electron chi connectivity index (χ4n) is 16.3. The van der Waals surface area contributed by atoms with Gasteiger partial charge in [-0.2, -0.15) is 0 Å². The van der Waals surface area contributed by atoms with Gasteiger partial charge in [0.1, 0.15) is 126 Å². The summed E-state index contributed by atoms with van der Waals surface area (Å²) in [5.74, 6) is -5.59. The molecule has 1 aromatic carbocycles. The van der Waals surface area contributed by atoms with Gasteiger partial charge >= 0.3 is 11.9 Å². The Bertz CT molecular complexity index is 3090. The first-order chi connectivity index (χ1) is 49.3. The van der Waals surface area contributed by atoms with Crippen LogP contribution in [0.5, 0.6) is 11.5 Å². The number of ether oxygens (including phenoxy) is 27. The Hall–Kier alpha value is -2.45. The van der Waals surface area contributed by atoms with Crippen LogP contribution in [-0.2, 0) is 123 Å². The number of nitrogens with zero attached hydrogens (tertiary/aromatic N) is 1. The third-order valence-electron chi connectivity index (χ3n) is 21.9. The molecule has 1 aromatic rings. The van der Waals surface area contributed by atoms with Crippen molar-refractivity contribution in [1.82, 2.24) is 5.23 Å². The lowest BCUT2D eigenvalue weighted by molar-refractivity contribution is -0.422. The number of phenols is 1. The summed E-state index contributed by atoms with van der Waals surface area (Å²) in [5, 5.41) is 93.6. The maximum atomic E-state index is 14.1. The second-order valence-electron chi connectivity index (χ2n) is 28.4. The summed E-state index contributed by atoms with van der Waals surface area (Å²) in [6, 6.07) is 0. The molecule has 35 atom stereocenters. The molecule has 11 fully saturated rings. The third-order valence-corrected chi connectivity index (χ3v) is 22.7. The highest BCUT2D eigenvalue weighted by Gasteiger charge is 2.72. The van der Waals surface area contributed by atoms with E-state index < -0.39 is 231 Å². The van der Waals surface area contributed by atoms with Crippen molar-refractivity contribution in [3.05, 3.63) is 26.4 Å². The number of halogens is 2. The molecular formula is C65H98Cl2NO36-. The molecule has 2 spiro atoms. The number of hydrogen-bond donors (Lipinski definition) is 7. The lowest BCUT2D eigenvalue weighted by Crippen LogP contribution is -2.69. The van der Waals surface area contributed by atoms with Crippen molar-refractivity contribution in [2.24, 2.45) is 0 Å². The number of aromatic hydroxyl groups is 1. The van der Waals surface area contributed by atoms with Gasteiger partial charge in [-0.25, -0.2) is 4.79 Å². The van der Waals surface area contributed by atoms with Gasteiger partial charge in [0, 0.05) is 55.5 Å². The van der Waals surface area contributed by atoms with E-state index in [2.05, 4.69) is 0 Å². The van der Waals surface area contributed by atoms with Gasteiger partial charge in [-0.1, -0.05) is 23.2 Å². The Kier molecular flexibility index (Phi) is 24.9. The SMILES string of the molecule is COC[C@@H]1O[C@H](O[C@H]2OC[C@@H]3O[C@@]4(OC[C@](O)([C@H](C)OC)[C@H]5OCO[C@H]54)O[C@H]3[C@@H]2OC)[C@@H](OC)[C@H](O)[C@H]1O[C@H]1O[C@@H](C)[C@H](OC)[C@@H](O[C@H]2O[C@@H](C)[C@H]3O[C@]4(C[C@H](O)[C@@H](O[C@H]5C[C@@H](O[C@H]6C[C@@](C)(N([O-])O)[C@H](OC)[C@@H](C)O6)[C@H](OC(=O)c6c(C)c(Cl)c(O)c(Cl)c6OC)CO5)[C@H](C)O4)O[C@@]3(C)[C@@H]2O)[C@@H]1O. The molecule has 11 aliphatic heterocycles. The first-order valence-corrected chi connectivity index (χ1v) is 35.2. The van der Waals surface area contributed by atoms with Crippen molar-refractivity contribution < 1.29 is 169 Å². The Morgan fingerprint density at radius 2 is 1.38 bits per heavy atom. The second kappa shape index (κ2) is 32.0. The molecule has 0 radical (unpaired) electrons. The molecule has 37 nitrogen and oxygen atoms in total. The fraction of sp³-hybridized carbons (Fsp3) is 0.892. The first-order valence-electron chi connectivity index (χ1n) is 34.4. The van der Waals surface area contributed by atoms with Crippen molar-refractivity contribution in [3.8, 4) is 11.5 Å². The standard InChI is InChI=1S/C65H98Cl2NO36/c1-24-37(47(81-12)39(67)40(70)38(24)66)56(74)94-32-20-85-35(16-31(32)93-36-18-61(7,68(76)77)52(84-15)27(4)90-36)96-43-26(3)100-64(17-30(43)69)103-53-28(5)92-60(51(73)62(53,8)104-64)98-48-42(72)57(91-25(2)44(48)80-11)97-45-33(19-78-9)95-59(49(82-13)41(45)71)99-58-50(83-14)46-34(21-86-58)101-65(102-46)55-54(87-23-88-55)63(75,22-89-65)29(6)79-10/h25-36,41-46,48-55,57-60,69-73,75-76H,16-23H2,1-15H3/q-1/t25-,26-,27+,28-,29-,30-,31+,32+,33-,34-,35-,36-,41+,42-,43-,44-,45-,46+,48-,49-,50-,51+,52+,53+,54-,55+,57+,58+,59+,60+,61+,62-,63-,64+,65+/m0/s1. The average Bonchev–Trinajstić information content (AvgIpc) is 1.56. The third kappa shape index (κ3) is 14.6. The largest absolute Gasteiger partial charge is 0.762 e. The molecule has 0 unspecified atom stereocenters. The van der Waals surface area contributed by atoms with Gasteiger partial charge in [-0.15, -0.1) is 0 Å². The summed E-state index contributed by atoms with van der Waals surface area (Å²) in [5.41, 5.74) is -5.01. The maximum Gasteiger partial charge on any atom is 0.342 e. The van der Waals surface area contributed by atoms with Crippen molar-refractivity contribution >= 4 is 29.2 Å². The van der Waals surface area contributed by atoms with E-state index in [1.807, 2.05) is 0 Å². The highest BCUT2D eigenvalue weighted by molar-refractivity contribution is 6.39. The summed E-state index contributed by atoms with van der Waals surface area (Å²) in [6.45, 7) is 11.5. The van der Waals surface area contributed by atoms with Crippen LogP contribution in [-0.4, -0.2) is 343 Å². The number of esters is 1. The monoisotopic (exact) mass is 1540 g/mol. The van der Waals surface area contributed by atoms with E-state index in [0.717, 1.165) is 0 Å². The number of phenolic OH excluding ortho intramolecular Hbond substituents is 1. The van der Waals surface area contributed by atoms with E-state index in [1.165, 1.54) is 63.6 Å². The zero-order valence-corrected chi connectivity index (χ0v) is 61.7. The van der Waals surface area contributed by atoms with Crippen molar-refractivity contribution in [3.63, 3.8) is 0 Å². The molecule has 0 aromatic heterocycles. The molecule has 0 aliphatic carbocycles. The van der Waals surface area contributed by atoms with E-state index in [-0.39, 0.29) is 78.2 Å². The first kappa shape index (κ1) is 81.1. The number of hydroxylamine groups is 2. The summed E-state index contributed by atoms with van der Waals surface area (Å²) in [7, 11) is 9.56. The Morgan fingerprint density at radius 3 is 2.04 bits per heavy atom. The number of fused-ring (bicyclic) bond motifs is 4. The van der Waals surface area contributed by atoms with Gasteiger partial charge < -0.3 is 169 Å². The highest BCUT2D eigenvalue weighted by atomic mass is 35.5. The minimum atomic E-state index is -2.03. The summed E-state index contributed by atoms with van der Waals surface area (Å²) >= 11 is 12.7. The highest BCUT2D eigenvalue weighted by Crippen LogP contribution is 2.53. The van der Waals surface area contributed by atoms with Gasteiger partial charge in [-0.05, 0) is 61.0 Å². The number of rotatable bonds is 22. The average molecular weight is 1540 g/mol. The van der Waals surface area contributed by atoms with Gasteiger partial charge in [0.15, 0.2) is 61.4 Å². The Balaban J connectivity index is 0.692. The van der Waals surface area contributed by atoms with Gasteiger partial charge in [0.05, 0.1) is 87.1 Å². The minimum Gasteiger partial charge on any atom is -0.762 e. The van der Waals surface area contributed by atoms with Crippen molar-refractivity contribution in [2.75, 3.05) is 83.0 Å². The smallest absolute Gasteiger partial charge is 0.342 e. The van der Waals surface area contributed by atoms with E-state index in [9.17, 15) is 45.8 Å². The molecule has 0 bridgehead atoms.